The predicted octanol–water partition coefficient (Wildman–Crippen LogP) is 3.19. The number of ether oxygens (including phenoxy) is 2. The number of amides is 2. The van der Waals surface area contributed by atoms with Gasteiger partial charge < -0.3 is 19.4 Å². The van der Waals surface area contributed by atoms with Crippen LogP contribution in [0.25, 0.3) is 0 Å². The van der Waals surface area contributed by atoms with Crippen molar-refractivity contribution in [2.75, 3.05) is 13.2 Å². The molecule has 33 heavy (non-hydrogen) atoms. The summed E-state index contributed by atoms with van der Waals surface area (Å²) in [6.45, 7) is 10.9. The molecule has 178 valence electrons. The van der Waals surface area contributed by atoms with E-state index in [1.54, 1.807) is 45.0 Å². The minimum Gasteiger partial charge on any atom is -0.490 e. The summed E-state index contributed by atoms with van der Waals surface area (Å²) in [4.78, 5) is 45.9. The Kier molecular flexibility index (Phi) is 10.4. The van der Waals surface area contributed by atoms with Crippen molar-refractivity contribution in [1.82, 2.24) is 4.90 Å². The van der Waals surface area contributed by atoms with E-state index >= 15 is 0 Å². The number of hydrogen-bond acceptors (Lipinski definition) is 7. The third kappa shape index (κ3) is 8.50. The average Bonchev–Trinajstić information content (AvgIpc) is 3.02. The van der Waals surface area contributed by atoms with Gasteiger partial charge >= 0.3 is 5.97 Å². The largest absolute Gasteiger partial charge is 0.490 e. The zero-order valence-electron chi connectivity index (χ0n) is 19.7. The summed E-state index contributed by atoms with van der Waals surface area (Å²) >= 11 is 0. The number of benzene rings is 2. The first-order valence-electron chi connectivity index (χ1n) is 10.3. The van der Waals surface area contributed by atoms with Gasteiger partial charge in [0.25, 0.3) is 11.8 Å². The van der Waals surface area contributed by atoms with Crippen LogP contribution in [0, 0.1) is 6.92 Å². The first-order chi connectivity index (χ1) is 15.5. The maximum absolute atomic E-state index is 12.4. The second-order valence-corrected chi connectivity index (χ2v) is 8.20. The molecular weight excluding hydrogens is 426 g/mol. The first-order valence-corrected chi connectivity index (χ1v) is 10.3. The van der Waals surface area contributed by atoms with Gasteiger partial charge in [-0.1, -0.05) is 29.8 Å². The van der Waals surface area contributed by atoms with Gasteiger partial charge in [-0.3, -0.25) is 14.5 Å². The van der Waals surface area contributed by atoms with Crippen LogP contribution in [-0.4, -0.2) is 59.4 Å². The van der Waals surface area contributed by atoms with Crippen LogP contribution in [0.15, 0.2) is 48.5 Å². The van der Waals surface area contributed by atoms with Crippen LogP contribution >= 0.6 is 0 Å². The molecule has 0 saturated carbocycles. The van der Waals surface area contributed by atoms with Crippen molar-refractivity contribution in [3.05, 3.63) is 65.2 Å². The second-order valence-electron chi connectivity index (χ2n) is 8.20. The molecule has 3 rings (SSSR count). The number of hydrogen-bond donors (Lipinski definition) is 1. The Morgan fingerprint density at radius 2 is 1.42 bits per heavy atom. The molecule has 8 nitrogen and oxygen atoms in total. The van der Waals surface area contributed by atoms with E-state index < -0.39 is 29.4 Å². The molecule has 0 saturated heterocycles. The van der Waals surface area contributed by atoms with Gasteiger partial charge in [-0.2, -0.15) is 0 Å². The van der Waals surface area contributed by atoms with Crippen LogP contribution in [-0.2, 0) is 14.3 Å². The predicted molar refractivity (Wildman–Crippen MR) is 123 cm³/mol. The van der Waals surface area contributed by atoms with Crippen molar-refractivity contribution in [2.24, 2.45) is 0 Å². The van der Waals surface area contributed by atoms with Crippen LogP contribution in [0.2, 0.25) is 0 Å². The molecule has 0 aromatic heterocycles. The van der Waals surface area contributed by atoms with Crippen LogP contribution in [0.5, 0.6) is 5.75 Å². The van der Waals surface area contributed by atoms with Gasteiger partial charge in [0, 0.05) is 0 Å². The molecule has 0 fully saturated rings. The molecule has 1 atom stereocenters. The fourth-order valence-corrected chi connectivity index (χ4v) is 2.72. The Bertz CT molecular complexity index is 907. The standard InChI is InChI=1S/C20H19NO5.C4H10O.CH2O/c1-13-7-9-15(10-8-13)25-11-12-26-20(24)14(2)21-18(22)16-5-3-4-6-17(16)19(21)23;1-4(2,3)5;1-2/h3-10,14H,11-12H2,1-2H3;5H,1-3H3;1H2. The summed E-state index contributed by atoms with van der Waals surface area (Å²) < 4.78 is 10.6. The van der Waals surface area contributed by atoms with Crippen molar-refractivity contribution >= 4 is 24.6 Å². The fourth-order valence-electron chi connectivity index (χ4n) is 2.72. The number of carbonyl (C=O) groups is 4. The maximum Gasteiger partial charge on any atom is 0.329 e. The van der Waals surface area contributed by atoms with Crippen molar-refractivity contribution in [3.63, 3.8) is 0 Å². The number of aryl methyl sites for hydroxylation is 1. The van der Waals surface area contributed by atoms with Gasteiger partial charge in [-0.15, -0.1) is 0 Å². The third-order valence-corrected chi connectivity index (χ3v) is 4.17. The maximum atomic E-state index is 12.4. The highest BCUT2D eigenvalue weighted by atomic mass is 16.6. The molecule has 0 bridgehead atoms. The van der Waals surface area contributed by atoms with E-state index in [1.165, 1.54) is 6.92 Å². The van der Waals surface area contributed by atoms with Gasteiger partial charge in [0.15, 0.2) is 0 Å². The zero-order valence-corrected chi connectivity index (χ0v) is 19.7. The summed E-state index contributed by atoms with van der Waals surface area (Å²) in [6.07, 6.45) is 0. The lowest BCUT2D eigenvalue weighted by Crippen LogP contribution is -2.44. The van der Waals surface area contributed by atoms with Gasteiger partial charge in [-0.05, 0) is 58.9 Å². The molecule has 0 spiro atoms. The van der Waals surface area contributed by atoms with Crippen LogP contribution in [0.3, 0.4) is 0 Å². The smallest absolute Gasteiger partial charge is 0.329 e. The number of nitrogens with zero attached hydrogens (tertiary/aromatic N) is 1. The Morgan fingerprint density at radius 1 is 0.970 bits per heavy atom. The topological polar surface area (TPSA) is 110 Å². The summed E-state index contributed by atoms with van der Waals surface area (Å²) in [5.74, 6) is -0.927. The van der Waals surface area contributed by atoms with Gasteiger partial charge in [0.05, 0.1) is 16.7 Å². The van der Waals surface area contributed by atoms with Crippen molar-refractivity contribution in [1.29, 1.82) is 0 Å². The molecule has 1 heterocycles. The highest BCUT2D eigenvalue weighted by Crippen LogP contribution is 2.24. The van der Waals surface area contributed by atoms with Crippen LogP contribution in [0.1, 0.15) is 54.0 Å². The van der Waals surface area contributed by atoms with Crippen molar-refractivity contribution in [3.8, 4) is 5.75 Å². The van der Waals surface area contributed by atoms with E-state index in [0.29, 0.717) is 16.9 Å². The lowest BCUT2D eigenvalue weighted by molar-refractivity contribution is -0.148. The number of esters is 1. The number of carbonyl (C=O) groups excluding carboxylic acids is 4. The molecule has 2 amide bonds. The molecule has 0 radical (unpaired) electrons. The normalized spacial score (nSPS) is 13.1. The summed E-state index contributed by atoms with van der Waals surface area (Å²) in [5, 5.41) is 8.52. The molecule has 1 aliphatic rings. The van der Waals surface area contributed by atoms with E-state index in [0.717, 1.165) is 10.5 Å². The van der Waals surface area contributed by atoms with Crippen molar-refractivity contribution in [2.45, 2.75) is 46.3 Å². The molecule has 2 aromatic carbocycles. The molecular formula is C25H31NO7. The minimum absolute atomic E-state index is 0.0280. The summed E-state index contributed by atoms with van der Waals surface area (Å²) in [5.41, 5.74) is 1.23. The fraction of sp³-hybridized carbons (Fsp3) is 0.360. The SMILES string of the molecule is C=O.CC(C)(C)O.Cc1ccc(OCCOC(=O)C(C)N2C(=O)c3ccccc3C2=O)cc1. The molecule has 1 unspecified atom stereocenters. The van der Waals surface area contributed by atoms with Gasteiger partial charge in [-0.25, -0.2) is 4.79 Å². The molecule has 0 aliphatic carbocycles. The molecule has 1 aliphatic heterocycles. The highest BCUT2D eigenvalue weighted by molar-refractivity contribution is 6.22. The lowest BCUT2D eigenvalue weighted by atomic mass is 10.1. The molecule has 8 heteroatoms. The van der Waals surface area contributed by atoms with E-state index in [2.05, 4.69) is 0 Å². The molecule has 1 N–H and O–H groups in total. The summed E-state index contributed by atoms with van der Waals surface area (Å²) in [6, 6.07) is 13.0. The van der Waals surface area contributed by atoms with Crippen molar-refractivity contribution < 1.29 is 33.8 Å². The Balaban J connectivity index is 0.000000689. The summed E-state index contributed by atoms with van der Waals surface area (Å²) in [7, 11) is 0. The number of fused-ring (bicyclic) bond motifs is 1. The van der Waals surface area contributed by atoms with E-state index in [4.69, 9.17) is 19.4 Å². The van der Waals surface area contributed by atoms with E-state index in [-0.39, 0.29) is 13.2 Å². The van der Waals surface area contributed by atoms with Crippen LogP contribution in [0.4, 0.5) is 0 Å². The highest BCUT2D eigenvalue weighted by Gasteiger charge is 2.41. The van der Waals surface area contributed by atoms with Crippen LogP contribution < -0.4 is 4.74 Å². The third-order valence-electron chi connectivity index (χ3n) is 4.17. The monoisotopic (exact) mass is 457 g/mol. The number of aliphatic hydroxyl groups is 1. The Morgan fingerprint density at radius 3 is 1.88 bits per heavy atom. The Hall–Kier alpha value is -3.52. The first kappa shape index (κ1) is 27.5. The molecule has 2 aromatic rings. The minimum atomic E-state index is -0.998. The van der Waals surface area contributed by atoms with Gasteiger partial charge in [0.1, 0.15) is 31.8 Å². The number of imide groups is 1. The van der Waals surface area contributed by atoms with E-state index in [1.807, 2.05) is 38.0 Å². The number of rotatable bonds is 6. The zero-order chi connectivity index (χ0) is 25.2. The average molecular weight is 458 g/mol. The van der Waals surface area contributed by atoms with Gasteiger partial charge in [0.2, 0.25) is 0 Å². The second kappa shape index (κ2) is 12.5. The lowest BCUT2D eigenvalue weighted by Gasteiger charge is -2.20. The quantitative estimate of drug-likeness (QED) is 0.403. The Labute approximate surface area is 194 Å². The van der Waals surface area contributed by atoms with E-state index in [9.17, 15) is 14.4 Å².